The topological polar surface area (TPSA) is 43.8 Å². The highest BCUT2D eigenvalue weighted by molar-refractivity contribution is 7.13. The molecule has 5 nitrogen and oxygen atoms in total. The molecular formula is C28H38N2O3S. The quantitative estimate of drug-likeness (QED) is 0.215. The molecule has 0 amide bonds. The summed E-state index contributed by atoms with van der Waals surface area (Å²) in [6.45, 7) is 8.76. The molecule has 0 saturated heterocycles. The minimum atomic E-state index is 0.743. The average Bonchev–Trinajstić information content (AvgIpc) is 3.38. The average molecular weight is 483 g/mol. The van der Waals surface area contributed by atoms with Crippen LogP contribution in [-0.2, 0) is 0 Å². The van der Waals surface area contributed by atoms with E-state index in [4.69, 9.17) is 19.2 Å². The van der Waals surface area contributed by atoms with E-state index in [1.165, 1.54) is 38.8 Å². The van der Waals surface area contributed by atoms with Gasteiger partial charge in [0.25, 0.3) is 0 Å². The summed E-state index contributed by atoms with van der Waals surface area (Å²) in [4.78, 5) is 7.42. The fraction of sp³-hybridized carbons (Fsp3) is 0.464. The van der Waals surface area contributed by atoms with Crippen LogP contribution in [0.1, 0.15) is 46.0 Å². The van der Waals surface area contributed by atoms with Crippen LogP contribution in [0.25, 0.3) is 21.8 Å². The number of hydrogen-bond acceptors (Lipinski definition) is 6. The van der Waals surface area contributed by atoms with E-state index in [1.807, 2.05) is 30.3 Å². The van der Waals surface area contributed by atoms with Crippen LogP contribution in [0.15, 0.2) is 47.8 Å². The van der Waals surface area contributed by atoms with Crippen LogP contribution in [0, 0.1) is 0 Å². The van der Waals surface area contributed by atoms with Gasteiger partial charge < -0.3 is 19.1 Å². The molecular weight excluding hydrogens is 444 g/mol. The van der Waals surface area contributed by atoms with Gasteiger partial charge in [-0.2, -0.15) is 0 Å². The van der Waals surface area contributed by atoms with E-state index < -0.39 is 0 Å². The van der Waals surface area contributed by atoms with Crippen LogP contribution in [-0.4, -0.2) is 50.3 Å². The lowest BCUT2D eigenvalue weighted by Crippen LogP contribution is -2.28. The molecule has 0 atom stereocenters. The van der Waals surface area contributed by atoms with Gasteiger partial charge in [-0.1, -0.05) is 26.7 Å². The van der Waals surface area contributed by atoms with Crippen molar-refractivity contribution in [3.05, 3.63) is 47.8 Å². The van der Waals surface area contributed by atoms with Gasteiger partial charge in [-0.3, -0.25) is 0 Å². The number of methoxy groups -OCH3 is 2. The maximum Gasteiger partial charge on any atom is 0.124 e. The monoisotopic (exact) mass is 482 g/mol. The summed E-state index contributed by atoms with van der Waals surface area (Å²) in [7, 11) is 3.31. The zero-order chi connectivity index (χ0) is 24.2. The van der Waals surface area contributed by atoms with Gasteiger partial charge in [0.1, 0.15) is 22.3 Å². The third-order valence-electron chi connectivity index (χ3n) is 5.80. The Hall–Kier alpha value is -2.57. The van der Waals surface area contributed by atoms with Crippen LogP contribution >= 0.6 is 11.3 Å². The maximum absolute atomic E-state index is 6.01. The molecule has 0 radical (unpaired) electrons. The number of thiazole rings is 1. The van der Waals surface area contributed by atoms with Crippen LogP contribution in [0.5, 0.6) is 17.2 Å². The van der Waals surface area contributed by atoms with Gasteiger partial charge in [0.2, 0.25) is 0 Å². The molecule has 2 aromatic carbocycles. The molecule has 0 bridgehead atoms. The number of hydrogen-bond donors (Lipinski definition) is 0. The summed E-state index contributed by atoms with van der Waals surface area (Å²) >= 11 is 1.61. The van der Waals surface area contributed by atoms with Gasteiger partial charge in [-0.05, 0) is 68.8 Å². The Kier molecular flexibility index (Phi) is 10.7. The minimum absolute atomic E-state index is 0.743. The maximum atomic E-state index is 6.01. The van der Waals surface area contributed by atoms with Crippen LogP contribution in [0.4, 0.5) is 0 Å². The van der Waals surface area contributed by atoms with E-state index in [-0.39, 0.29) is 0 Å². The molecule has 1 aromatic heterocycles. The Labute approximate surface area is 208 Å². The van der Waals surface area contributed by atoms with Gasteiger partial charge in [-0.15, -0.1) is 11.3 Å². The molecule has 3 aromatic rings. The van der Waals surface area contributed by atoms with Crippen molar-refractivity contribution in [2.24, 2.45) is 0 Å². The van der Waals surface area contributed by atoms with E-state index in [2.05, 4.69) is 36.3 Å². The largest absolute Gasteiger partial charge is 0.497 e. The van der Waals surface area contributed by atoms with Crippen LogP contribution in [0.2, 0.25) is 0 Å². The van der Waals surface area contributed by atoms with E-state index in [9.17, 15) is 0 Å². The fourth-order valence-corrected chi connectivity index (χ4v) is 4.59. The van der Waals surface area contributed by atoms with Crippen molar-refractivity contribution in [1.82, 2.24) is 9.88 Å². The van der Waals surface area contributed by atoms with Crippen molar-refractivity contribution in [3.8, 4) is 39.1 Å². The SMILES string of the molecule is CCCCN(CCCC)CCCOc1ccc(-c2csc(-c3cc(OC)cc(OC)c3)n2)cc1. The van der Waals surface area contributed by atoms with E-state index in [1.54, 1.807) is 25.6 Å². The molecule has 184 valence electrons. The molecule has 0 spiro atoms. The number of rotatable bonds is 15. The first-order valence-corrected chi connectivity index (χ1v) is 13.2. The highest BCUT2D eigenvalue weighted by atomic mass is 32.1. The molecule has 0 N–H and O–H groups in total. The lowest BCUT2D eigenvalue weighted by atomic mass is 10.1. The van der Waals surface area contributed by atoms with Crippen molar-refractivity contribution in [3.63, 3.8) is 0 Å². The lowest BCUT2D eigenvalue weighted by molar-refractivity contribution is 0.229. The van der Waals surface area contributed by atoms with Crippen LogP contribution in [0.3, 0.4) is 0 Å². The lowest BCUT2D eigenvalue weighted by Gasteiger charge is -2.21. The molecule has 0 unspecified atom stereocenters. The second-order valence-corrected chi connectivity index (χ2v) is 9.27. The molecule has 6 heteroatoms. The molecule has 0 aliphatic heterocycles. The van der Waals surface area contributed by atoms with Gasteiger partial charge in [0, 0.05) is 29.1 Å². The summed E-state index contributed by atoms with van der Waals surface area (Å²) in [5.74, 6) is 2.42. The second-order valence-electron chi connectivity index (χ2n) is 8.41. The minimum Gasteiger partial charge on any atom is -0.497 e. The van der Waals surface area contributed by atoms with E-state index in [0.29, 0.717) is 0 Å². The second kappa shape index (κ2) is 14.0. The highest BCUT2D eigenvalue weighted by Crippen LogP contribution is 2.34. The summed E-state index contributed by atoms with van der Waals surface area (Å²) in [5.41, 5.74) is 3.02. The van der Waals surface area contributed by atoms with E-state index >= 15 is 0 Å². The molecule has 3 rings (SSSR count). The molecule has 0 fully saturated rings. The first-order valence-electron chi connectivity index (χ1n) is 12.3. The Morgan fingerprint density at radius 3 is 1.97 bits per heavy atom. The van der Waals surface area contributed by atoms with Crippen molar-refractivity contribution in [2.45, 2.75) is 46.0 Å². The third kappa shape index (κ3) is 7.74. The Morgan fingerprint density at radius 1 is 0.765 bits per heavy atom. The van der Waals surface area contributed by atoms with Crippen molar-refractivity contribution in [1.29, 1.82) is 0 Å². The first kappa shape index (κ1) is 26.0. The van der Waals surface area contributed by atoms with Gasteiger partial charge in [0.05, 0.1) is 26.5 Å². The summed E-state index contributed by atoms with van der Waals surface area (Å²) in [6, 6.07) is 14.1. The third-order valence-corrected chi connectivity index (χ3v) is 6.69. The predicted molar refractivity (Wildman–Crippen MR) is 142 cm³/mol. The first-order chi connectivity index (χ1) is 16.7. The predicted octanol–water partition coefficient (Wildman–Crippen LogP) is 7.17. The summed E-state index contributed by atoms with van der Waals surface area (Å²) in [6.07, 6.45) is 6.10. The van der Waals surface area contributed by atoms with Gasteiger partial charge in [-0.25, -0.2) is 4.98 Å². The van der Waals surface area contributed by atoms with Crippen molar-refractivity contribution >= 4 is 11.3 Å². The smallest absolute Gasteiger partial charge is 0.124 e. The van der Waals surface area contributed by atoms with Crippen molar-refractivity contribution < 1.29 is 14.2 Å². The summed E-state index contributed by atoms with van der Waals surface area (Å²) < 4.78 is 16.8. The normalized spacial score (nSPS) is 11.1. The molecule has 0 aliphatic carbocycles. The molecule has 34 heavy (non-hydrogen) atoms. The van der Waals surface area contributed by atoms with Crippen LogP contribution < -0.4 is 14.2 Å². The Balaban J connectivity index is 1.54. The number of benzene rings is 2. The highest BCUT2D eigenvalue weighted by Gasteiger charge is 2.10. The number of nitrogens with zero attached hydrogens (tertiary/aromatic N) is 2. The van der Waals surface area contributed by atoms with Gasteiger partial charge >= 0.3 is 0 Å². The Bertz CT molecular complexity index is 957. The van der Waals surface area contributed by atoms with Crippen molar-refractivity contribution in [2.75, 3.05) is 40.5 Å². The fourth-order valence-electron chi connectivity index (χ4n) is 3.77. The summed E-state index contributed by atoms with van der Waals surface area (Å²) in [5, 5.41) is 3.02. The number of unbranched alkanes of at least 4 members (excludes halogenated alkanes) is 2. The number of aromatic nitrogens is 1. The van der Waals surface area contributed by atoms with Gasteiger partial charge in [0.15, 0.2) is 0 Å². The molecule has 0 saturated carbocycles. The molecule has 1 heterocycles. The van der Waals surface area contributed by atoms with E-state index in [0.717, 1.165) is 58.6 Å². The zero-order valence-electron chi connectivity index (χ0n) is 21.0. The molecule has 0 aliphatic rings. The number of ether oxygens (including phenoxy) is 3. The standard InChI is InChI=1S/C28H38N2O3S/c1-5-7-14-30(15-8-6-2)16-9-17-33-24-12-10-22(11-13-24)27-21-34-28(29-27)23-18-25(31-3)20-26(19-23)32-4/h10-13,18-21H,5-9,14-17H2,1-4H3. The Morgan fingerprint density at radius 2 is 1.38 bits per heavy atom. The zero-order valence-corrected chi connectivity index (χ0v) is 21.8.